The van der Waals surface area contributed by atoms with Gasteiger partial charge in [-0.05, 0) is 60.7 Å². The number of halogens is 1. The van der Waals surface area contributed by atoms with E-state index in [9.17, 15) is 14.0 Å². The first-order valence-electron chi connectivity index (χ1n) is 9.48. The molecule has 1 aliphatic carbocycles. The molecule has 2 aliphatic rings. The molecule has 27 heavy (non-hydrogen) atoms. The van der Waals surface area contributed by atoms with Gasteiger partial charge in [0, 0.05) is 24.8 Å². The first kappa shape index (κ1) is 17.7. The molecule has 0 unspecified atom stereocenters. The lowest BCUT2D eigenvalue weighted by molar-refractivity contribution is -0.121. The number of hydrogen-bond acceptors (Lipinski definition) is 2. The average Bonchev–Trinajstić information content (AvgIpc) is 3.29. The topological polar surface area (TPSA) is 49.4 Å². The third-order valence-electron chi connectivity index (χ3n) is 5.88. The summed E-state index contributed by atoms with van der Waals surface area (Å²) in [6.07, 6.45) is 4.16. The van der Waals surface area contributed by atoms with Crippen LogP contribution in [0.15, 0.2) is 42.5 Å². The van der Waals surface area contributed by atoms with Crippen LogP contribution < -0.4 is 10.2 Å². The van der Waals surface area contributed by atoms with Gasteiger partial charge in [-0.15, -0.1) is 0 Å². The van der Waals surface area contributed by atoms with E-state index in [2.05, 4.69) is 5.32 Å². The van der Waals surface area contributed by atoms with Crippen LogP contribution in [0.5, 0.6) is 0 Å². The predicted octanol–water partition coefficient (Wildman–Crippen LogP) is 4.19. The van der Waals surface area contributed by atoms with E-state index in [1.54, 1.807) is 17.9 Å². The maximum atomic E-state index is 13.8. The predicted molar refractivity (Wildman–Crippen MR) is 103 cm³/mol. The number of hydrogen-bond donors (Lipinski definition) is 1. The van der Waals surface area contributed by atoms with Gasteiger partial charge < -0.3 is 10.2 Å². The lowest BCUT2D eigenvalue weighted by atomic mass is 9.78. The van der Waals surface area contributed by atoms with Gasteiger partial charge in [0.05, 0.1) is 5.41 Å². The molecule has 0 aromatic heterocycles. The first-order valence-corrected chi connectivity index (χ1v) is 9.48. The highest BCUT2D eigenvalue weighted by atomic mass is 19.1. The summed E-state index contributed by atoms with van der Waals surface area (Å²) in [4.78, 5) is 26.7. The Balaban J connectivity index is 1.60. The molecule has 1 fully saturated rings. The fourth-order valence-corrected chi connectivity index (χ4v) is 4.47. The minimum atomic E-state index is -0.674. The fraction of sp³-hybridized carbons (Fsp3) is 0.364. The molecule has 2 aromatic rings. The van der Waals surface area contributed by atoms with Gasteiger partial charge in [0.15, 0.2) is 0 Å². The van der Waals surface area contributed by atoms with Crippen molar-refractivity contribution in [3.05, 3.63) is 59.4 Å². The molecule has 2 aromatic carbocycles. The van der Waals surface area contributed by atoms with Crippen LogP contribution in [0.3, 0.4) is 0 Å². The molecule has 0 bridgehead atoms. The van der Waals surface area contributed by atoms with Crippen LogP contribution in [0.1, 0.15) is 43.7 Å². The van der Waals surface area contributed by atoms with Crippen molar-refractivity contribution in [2.24, 2.45) is 0 Å². The second kappa shape index (κ2) is 6.80. The minimum Gasteiger partial charge on any atom is -0.325 e. The van der Waals surface area contributed by atoms with Gasteiger partial charge in [-0.3, -0.25) is 9.59 Å². The first-order chi connectivity index (χ1) is 13.0. The average molecular weight is 366 g/mol. The molecule has 1 aliphatic heterocycles. The number of amides is 2. The molecule has 1 heterocycles. The van der Waals surface area contributed by atoms with Gasteiger partial charge in [0.25, 0.3) is 0 Å². The molecule has 4 nitrogen and oxygen atoms in total. The Morgan fingerprint density at radius 2 is 1.89 bits per heavy atom. The molecule has 2 amide bonds. The van der Waals surface area contributed by atoms with E-state index in [-0.39, 0.29) is 17.6 Å². The Labute approximate surface area is 158 Å². The standard InChI is InChI=1S/C22H23FN2O2/c1-15(26)25-12-9-16-13-19(7-8-20(16)25)24-21(27)22(10-2-3-11-22)17-5-4-6-18(23)14-17/h4-8,13-14H,2-3,9-12H2,1H3,(H,24,27). The van der Waals surface area contributed by atoms with Crippen LogP contribution in [0.2, 0.25) is 0 Å². The maximum absolute atomic E-state index is 13.8. The summed E-state index contributed by atoms with van der Waals surface area (Å²) in [7, 11) is 0. The number of fused-ring (bicyclic) bond motifs is 1. The van der Waals surface area contributed by atoms with Gasteiger partial charge in [-0.1, -0.05) is 25.0 Å². The molecule has 140 valence electrons. The smallest absolute Gasteiger partial charge is 0.235 e. The van der Waals surface area contributed by atoms with Crippen LogP contribution in [-0.2, 0) is 21.4 Å². The third-order valence-corrected chi connectivity index (χ3v) is 5.88. The molecule has 5 heteroatoms. The Bertz CT molecular complexity index is 903. The van der Waals surface area contributed by atoms with Crippen LogP contribution in [0.25, 0.3) is 0 Å². The Hall–Kier alpha value is -2.69. The number of anilines is 2. The molecule has 0 spiro atoms. The van der Waals surface area contributed by atoms with Crippen molar-refractivity contribution in [3.8, 4) is 0 Å². The monoisotopic (exact) mass is 366 g/mol. The fourth-order valence-electron chi connectivity index (χ4n) is 4.47. The Morgan fingerprint density at radius 3 is 2.59 bits per heavy atom. The summed E-state index contributed by atoms with van der Waals surface area (Å²) in [5, 5.41) is 3.05. The molecule has 1 saturated carbocycles. The summed E-state index contributed by atoms with van der Waals surface area (Å²) in [6, 6.07) is 12.1. The number of nitrogens with one attached hydrogen (secondary N) is 1. The van der Waals surface area contributed by atoms with Gasteiger partial charge in [0.1, 0.15) is 5.82 Å². The summed E-state index contributed by atoms with van der Waals surface area (Å²) >= 11 is 0. The van der Waals surface area contributed by atoms with Gasteiger partial charge in [0.2, 0.25) is 11.8 Å². The lowest BCUT2D eigenvalue weighted by Crippen LogP contribution is -2.38. The second-order valence-electron chi connectivity index (χ2n) is 7.52. The molecule has 0 atom stereocenters. The Kier molecular flexibility index (Phi) is 4.46. The number of benzene rings is 2. The van der Waals surface area contributed by atoms with E-state index in [1.165, 1.54) is 12.1 Å². The molecular weight excluding hydrogens is 343 g/mol. The van der Waals surface area contributed by atoms with E-state index in [4.69, 9.17) is 0 Å². The summed E-state index contributed by atoms with van der Waals surface area (Å²) in [5.41, 5.74) is 2.79. The van der Waals surface area contributed by atoms with Crippen molar-refractivity contribution < 1.29 is 14.0 Å². The molecule has 4 rings (SSSR count). The highest BCUT2D eigenvalue weighted by Gasteiger charge is 2.43. The molecular formula is C22H23FN2O2. The van der Waals surface area contributed by atoms with Crippen LogP contribution in [-0.4, -0.2) is 18.4 Å². The van der Waals surface area contributed by atoms with Crippen molar-refractivity contribution in [2.75, 3.05) is 16.8 Å². The van der Waals surface area contributed by atoms with Crippen molar-refractivity contribution >= 4 is 23.2 Å². The van der Waals surface area contributed by atoms with Crippen LogP contribution in [0, 0.1) is 5.82 Å². The highest BCUT2D eigenvalue weighted by molar-refractivity contribution is 6.00. The maximum Gasteiger partial charge on any atom is 0.235 e. The van der Waals surface area contributed by atoms with Gasteiger partial charge in [-0.25, -0.2) is 4.39 Å². The van der Waals surface area contributed by atoms with Crippen LogP contribution in [0.4, 0.5) is 15.8 Å². The van der Waals surface area contributed by atoms with Crippen molar-refractivity contribution in [2.45, 2.75) is 44.4 Å². The molecule has 0 radical (unpaired) electrons. The van der Waals surface area contributed by atoms with Crippen molar-refractivity contribution in [1.29, 1.82) is 0 Å². The largest absolute Gasteiger partial charge is 0.325 e. The van der Waals surface area contributed by atoms with Crippen molar-refractivity contribution in [3.63, 3.8) is 0 Å². The zero-order chi connectivity index (χ0) is 19.0. The van der Waals surface area contributed by atoms with Crippen molar-refractivity contribution in [1.82, 2.24) is 0 Å². The van der Waals surface area contributed by atoms with Gasteiger partial charge >= 0.3 is 0 Å². The van der Waals surface area contributed by atoms with E-state index in [0.717, 1.165) is 54.6 Å². The minimum absolute atomic E-state index is 0.0292. The normalized spacial score (nSPS) is 17.6. The van der Waals surface area contributed by atoms with E-state index < -0.39 is 5.41 Å². The second-order valence-corrected chi connectivity index (χ2v) is 7.52. The lowest BCUT2D eigenvalue weighted by Gasteiger charge is -2.28. The SMILES string of the molecule is CC(=O)N1CCc2cc(NC(=O)C3(c4cccc(F)c4)CCCC3)ccc21. The highest BCUT2D eigenvalue weighted by Crippen LogP contribution is 2.42. The quantitative estimate of drug-likeness (QED) is 0.886. The summed E-state index contributed by atoms with van der Waals surface area (Å²) in [6.45, 7) is 2.24. The zero-order valence-electron chi connectivity index (χ0n) is 15.4. The molecule has 0 saturated heterocycles. The third kappa shape index (κ3) is 3.11. The summed E-state index contributed by atoms with van der Waals surface area (Å²) in [5.74, 6) is -0.359. The number of carbonyl (C=O) groups excluding carboxylic acids is 2. The zero-order valence-corrected chi connectivity index (χ0v) is 15.4. The number of rotatable bonds is 3. The Morgan fingerprint density at radius 1 is 1.11 bits per heavy atom. The van der Waals surface area contributed by atoms with E-state index >= 15 is 0 Å². The van der Waals surface area contributed by atoms with E-state index in [1.807, 2.05) is 24.3 Å². The van der Waals surface area contributed by atoms with E-state index in [0.29, 0.717) is 6.54 Å². The van der Waals surface area contributed by atoms with Gasteiger partial charge in [-0.2, -0.15) is 0 Å². The summed E-state index contributed by atoms with van der Waals surface area (Å²) < 4.78 is 13.8. The van der Waals surface area contributed by atoms with Crippen LogP contribution >= 0.6 is 0 Å². The number of nitrogens with zero attached hydrogens (tertiary/aromatic N) is 1. The number of carbonyl (C=O) groups is 2. The molecule has 1 N–H and O–H groups in total.